The molecule has 1 atom stereocenters. The highest BCUT2D eigenvalue weighted by Crippen LogP contribution is 2.04. The third kappa shape index (κ3) is 4.42. The molecule has 7 heteroatoms. The number of hydrogen-bond acceptors (Lipinski definition) is 4. The SMILES string of the molecule is CC(C)CC(O)CNC(=O)NCc1ccnc2ccnn12. The van der Waals surface area contributed by atoms with Crippen LogP contribution in [0.4, 0.5) is 4.79 Å². The molecular formula is C14H21N5O2. The van der Waals surface area contributed by atoms with Crippen LogP contribution in [-0.2, 0) is 6.54 Å². The number of amides is 2. The van der Waals surface area contributed by atoms with E-state index in [1.807, 2.05) is 13.8 Å². The van der Waals surface area contributed by atoms with Gasteiger partial charge in [0.25, 0.3) is 0 Å². The number of nitrogens with one attached hydrogen (secondary N) is 2. The summed E-state index contributed by atoms with van der Waals surface area (Å²) in [5, 5.41) is 19.2. The molecule has 0 fully saturated rings. The summed E-state index contributed by atoms with van der Waals surface area (Å²) >= 11 is 0. The summed E-state index contributed by atoms with van der Waals surface area (Å²) in [4.78, 5) is 15.9. The molecule has 1 unspecified atom stereocenters. The van der Waals surface area contributed by atoms with Gasteiger partial charge in [0.2, 0.25) is 0 Å². The second kappa shape index (κ2) is 7.03. The Morgan fingerprint density at radius 1 is 1.33 bits per heavy atom. The number of aromatic nitrogens is 3. The largest absolute Gasteiger partial charge is 0.391 e. The highest BCUT2D eigenvalue weighted by molar-refractivity contribution is 5.73. The molecule has 2 aromatic heterocycles. The topological polar surface area (TPSA) is 91.5 Å². The summed E-state index contributed by atoms with van der Waals surface area (Å²) < 4.78 is 1.67. The molecule has 0 radical (unpaired) electrons. The van der Waals surface area contributed by atoms with Crippen molar-refractivity contribution in [2.45, 2.75) is 32.9 Å². The summed E-state index contributed by atoms with van der Waals surface area (Å²) in [5.41, 5.74) is 1.57. The van der Waals surface area contributed by atoms with Crippen molar-refractivity contribution < 1.29 is 9.90 Å². The van der Waals surface area contributed by atoms with E-state index in [0.717, 1.165) is 11.3 Å². The van der Waals surface area contributed by atoms with Gasteiger partial charge in [-0.3, -0.25) is 0 Å². The number of carbonyl (C=O) groups excluding carboxylic acids is 1. The molecule has 21 heavy (non-hydrogen) atoms. The third-order valence-electron chi connectivity index (χ3n) is 3.04. The van der Waals surface area contributed by atoms with Crippen LogP contribution >= 0.6 is 0 Å². The molecule has 0 bridgehead atoms. The monoisotopic (exact) mass is 291 g/mol. The Hall–Kier alpha value is -2.15. The van der Waals surface area contributed by atoms with Gasteiger partial charge in [-0.1, -0.05) is 13.8 Å². The minimum absolute atomic E-state index is 0.248. The fourth-order valence-electron chi connectivity index (χ4n) is 2.09. The van der Waals surface area contributed by atoms with Gasteiger partial charge in [-0.15, -0.1) is 0 Å². The van der Waals surface area contributed by atoms with E-state index < -0.39 is 6.10 Å². The molecule has 0 spiro atoms. The lowest BCUT2D eigenvalue weighted by Gasteiger charge is -2.14. The summed E-state index contributed by atoms with van der Waals surface area (Å²) in [6.07, 6.45) is 3.49. The van der Waals surface area contributed by atoms with Crippen LogP contribution in [0.2, 0.25) is 0 Å². The molecule has 114 valence electrons. The lowest BCUT2D eigenvalue weighted by atomic mass is 10.1. The fourth-order valence-corrected chi connectivity index (χ4v) is 2.09. The van der Waals surface area contributed by atoms with Crippen molar-refractivity contribution in [1.82, 2.24) is 25.2 Å². The number of fused-ring (bicyclic) bond motifs is 1. The molecule has 2 amide bonds. The molecule has 3 N–H and O–H groups in total. The van der Waals surface area contributed by atoms with E-state index >= 15 is 0 Å². The van der Waals surface area contributed by atoms with Crippen molar-refractivity contribution in [3.8, 4) is 0 Å². The van der Waals surface area contributed by atoms with Gasteiger partial charge in [0.1, 0.15) is 0 Å². The van der Waals surface area contributed by atoms with Crippen molar-refractivity contribution in [2.75, 3.05) is 6.54 Å². The molecule has 0 aliphatic carbocycles. The number of rotatable bonds is 6. The van der Waals surface area contributed by atoms with Crippen LogP contribution in [0, 0.1) is 5.92 Å². The van der Waals surface area contributed by atoms with Crippen molar-refractivity contribution in [3.05, 3.63) is 30.2 Å². The quantitative estimate of drug-likeness (QED) is 0.738. The van der Waals surface area contributed by atoms with E-state index in [0.29, 0.717) is 18.9 Å². The number of hydrogen-bond donors (Lipinski definition) is 3. The zero-order chi connectivity index (χ0) is 15.2. The van der Waals surface area contributed by atoms with Crippen LogP contribution in [0.25, 0.3) is 5.65 Å². The van der Waals surface area contributed by atoms with Gasteiger partial charge < -0.3 is 15.7 Å². The van der Waals surface area contributed by atoms with E-state index in [-0.39, 0.29) is 12.6 Å². The fraction of sp³-hybridized carbons (Fsp3) is 0.500. The molecule has 0 saturated carbocycles. The minimum Gasteiger partial charge on any atom is -0.391 e. The smallest absolute Gasteiger partial charge is 0.315 e. The lowest BCUT2D eigenvalue weighted by Crippen LogP contribution is -2.40. The van der Waals surface area contributed by atoms with Crippen molar-refractivity contribution in [2.24, 2.45) is 5.92 Å². The Morgan fingerprint density at radius 3 is 2.90 bits per heavy atom. The normalized spacial score (nSPS) is 12.6. The summed E-state index contributed by atoms with van der Waals surface area (Å²) in [6.45, 7) is 4.65. The van der Waals surface area contributed by atoms with Gasteiger partial charge >= 0.3 is 6.03 Å². The van der Waals surface area contributed by atoms with E-state index in [1.54, 1.807) is 29.0 Å². The van der Waals surface area contributed by atoms with Crippen molar-refractivity contribution in [1.29, 1.82) is 0 Å². The molecule has 0 aromatic carbocycles. The molecule has 7 nitrogen and oxygen atoms in total. The zero-order valence-corrected chi connectivity index (χ0v) is 12.3. The third-order valence-corrected chi connectivity index (χ3v) is 3.04. The standard InChI is InChI=1S/C14H21N5O2/c1-10(2)7-12(20)9-17-14(21)16-8-11-3-5-15-13-4-6-18-19(11)13/h3-6,10,12,20H,7-9H2,1-2H3,(H2,16,17,21). The molecule has 0 saturated heterocycles. The zero-order valence-electron chi connectivity index (χ0n) is 12.3. The van der Waals surface area contributed by atoms with Crippen LogP contribution in [0.5, 0.6) is 0 Å². The van der Waals surface area contributed by atoms with Crippen molar-refractivity contribution >= 4 is 11.7 Å². The first-order valence-electron chi connectivity index (χ1n) is 7.03. The summed E-state index contributed by atoms with van der Waals surface area (Å²) in [7, 11) is 0. The van der Waals surface area contributed by atoms with Gasteiger partial charge in [0.15, 0.2) is 5.65 Å². The van der Waals surface area contributed by atoms with E-state index in [9.17, 15) is 9.90 Å². The Labute approximate surface area is 123 Å². The molecular weight excluding hydrogens is 270 g/mol. The molecule has 0 aliphatic rings. The number of aliphatic hydroxyl groups excluding tert-OH is 1. The first-order chi connectivity index (χ1) is 10.1. The minimum atomic E-state index is -0.519. The Bertz CT molecular complexity index is 596. The maximum atomic E-state index is 11.7. The van der Waals surface area contributed by atoms with Gasteiger partial charge in [-0.25, -0.2) is 14.3 Å². The number of urea groups is 1. The van der Waals surface area contributed by atoms with Crippen LogP contribution < -0.4 is 10.6 Å². The maximum absolute atomic E-state index is 11.7. The Morgan fingerprint density at radius 2 is 2.14 bits per heavy atom. The van der Waals surface area contributed by atoms with E-state index in [1.165, 1.54) is 0 Å². The Kier molecular flexibility index (Phi) is 5.10. The average molecular weight is 291 g/mol. The van der Waals surface area contributed by atoms with Gasteiger partial charge in [-0.05, 0) is 18.4 Å². The predicted molar refractivity (Wildman–Crippen MR) is 78.7 cm³/mol. The number of nitrogens with zero attached hydrogens (tertiary/aromatic N) is 3. The van der Waals surface area contributed by atoms with Crippen molar-refractivity contribution in [3.63, 3.8) is 0 Å². The lowest BCUT2D eigenvalue weighted by molar-refractivity contribution is 0.147. The van der Waals surface area contributed by atoms with Crippen LogP contribution in [0.3, 0.4) is 0 Å². The first-order valence-corrected chi connectivity index (χ1v) is 7.03. The number of aliphatic hydroxyl groups is 1. The predicted octanol–water partition coefficient (Wildman–Crippen LogP) is 0.935. The highest BCUT2D eigenvalue weighted by atomic mass is 16.3. The second-order valence-corrected chi connectivity index (χ2v) is 5.38. The highest BCUT2D eigenvalue weighted by Gasteiger charge is 2.09. The molecule has 2 aromatic rings. The summed E-state index contributed by atoms with van der Waals surface area (Å²) in [5.74, 6) is 0.398. The Balaban J connectivity index is 1.80. The van der Waals surface area contributed by atoms with Crippen LogP contribution in [0.15, 0.2) is 24.5 Å². The second-order valence-electron chi connectivity index (χ2n) is 5.38. The van der Waals surface area contributed by atoms with E-state index in [4.69, 9.17) is 0 Å². The maximum Gasteiger partial charge on any atom is 0.315 e. The summed E-state index contributed by atoms with van der Waals surface area (Å²) in [6, 6.07) is 3.29. The van der Waals surface area contributed by atoms with Crippen LogP contribution in [-0.4, -0.2) is 38.4 Å². The molecule has 2 rings (SSSR count). The van der Waals surface area contributed by atoms with Gasteiger partial charge in [0.05, 0.1) is 24.5 Å². The van der Waals surface area contributed by atoms with E-state index in [2.05, 4.69) is 20.7 Å². The average Bonchev–Trinajstić information content (AvgIpc) is 2.91. The first kappa shape index (κ1) is 15.2. The molecule has 2 heterocycles. The number of carbonyl (C=O) groups is 1. The molecule has 0 aliphatic heterocycles. The van der Waals surface area contributed by atoms with Crippen LogP contribution in [0.1, 0.15) is 26.0 Å². The van der Waals surface area contributed by atoms with Gasteiger partial charge in [0, 0.05) is 18.8 Å². The van der Waals surface area contributed by atoms with Gasteiger partial charge in [-0.2, -0.15) is 5.10 Å².